The van der Waals surface area contributed by atoms with Gasteiger partial charge in [0, 0.05) is 75.2 Å². The normalized spacial score (nSPS) is 12.0. The van der Waals surface area contributed by atoms with Gasteiger partial charge < -0.3 is 18.3 Å². The zero-order valence-electron chi connectivity index (χ0n) is 35.1. The Bertz CT molecular complexity index is 4290. The molecule has 14 aromatic rings. The molecule has 0 saturated carbocycles. The molecule has 0 aliphatic rings. The standard InChI is InChI=1S/C60H38N4S/c1-3-17-41(18-4-1)63-53-27-10-8-24-49(53)59-54(28-14-29-55(59)63)61-43-21-11-15-39(35-43)40-16-12-22-44(36-40)62(46-32-34-58-51(38-46)50-37-45(61)31-33-57(50)65-58)56-30-13-25-48-47-23-7-9-26-52(47)64(60(48)56)42-19-5-2-6-20-42/h1-38H. The first kappa shape index (κ1) is 36.1. The van der Waals surface area contributed by atoms with Crippen molar-refractivity contribution in [3.05, 3.63) is 231 Å². The van der Waals surface area contributed by atoms with E-state index in [1.807, 2.05) is 11.3 Å². The fourth-order valence-corrected chi connectivity index (χ4v) is 11.7. The van der Waals surface area contributed by atoms with Crippen LogP contribution in [-0.2, 0) is 0 Å². The monoisotopic (exact) mass is 846 g/mol. The quantitative estimate of drug-likeness (QED) is 0.168. The molecule has 0 aliphatic carbocycles. The molecule has 304 valence electrons. The maximum atomic E-state index is 2.48. The minimum atomic E-state index is 1.09. The molecule has 0 amide bonds. The van der Waals surface area contributed by atoms with Crippen molar-refractivity contribution in [2.24, 2.45) is 0 Å². The highest BCUT2D eigenvalue weighted by Gasteiger charge is 2.20. The predicted octanol–water partition coefficient (Wildman–Crippen LogP) is 16.4. The van der Waals surface area contributed by atoms with Gasteiger partial charge in [0.15, 0.2) is 0 Å². The van der Waals surface area contributed by atoms with Gasteiger partial charge in [0.05, 0.1) is 33.4 Å². The Labute approximate surface area is 377 Å². The van der Waals surface area contributed by atoms with Crippen molar-refractivity contribution in [1.82, 2.24) is 18.3 Å². The summed E-state index contributed by atoms with van der Waals surface area (Å²) >= 11 is 1.86. The van der Waals surface area contributed by atoms with Gasteiger partial charge in [-0.25, -0.2) is 0 Å². The van der Waals surface area contributed by atoms with Crippen molar-refractivity contribution in [2.45, 2.75) is 0 Å². The molecule has 5 heteroatoms. The first-order valence-corrected chi connectivity index (χ1v) is 23.0. The van der Waals surface area contributed by atoms with Gasteiger partial charge in [-0.1, -0.05) is 115 Å². The van der Waals surface area contributed by atoms with Crippen LogP contribution in [0.2, 0.25) is 0 Å². The largest absolute Gasteiger partial charge is 0.310 e. The maximum Gasteiger partial charge on any atom is 0.0782 e. The lowest BCUT2D eigenvalue weighted by atomic mass is 10.1. The number of nitrogens with zero attached hydrogens (tertiary/aromatic N) is 4. The lowest BCUT2D eigenvalue weighted by molar-refractivity contribution is 1.12. The van der Waals surface area contributed by atoms with E-state index in [1.54, 1.807) is 0 Å². The van der Waals surface area contributed by atoms with Crippen molar-refractivity contribution in [3.8, 4) is 22.7 Å². The van der Waals surface area contributed by atoms with Crippen LogP contribution in [0.15, 0.2) is 231 Å². The van der Waals surface area contributed by atoms with E-state index in [9.17, 15) is 0 Å². The van der Waals surface area contributed by atoms with E-state index in [1.165, 1.54) is 63.8 Å². The molecule has 0 fully saturated rings. The third-order valence-electron chi connectivity index (χ3n) is 13.4. The average molecular weight is 847 g/mol. The fourth-order valence-electron chi connectivity index (χ4n) is 10.6. The molecule has 4 nitrogen and oxygen atoms in total. The molecule has 0 N–H and O–H groups in total. The zero-order valence-corrected chi connectivity index (χ0v) is 36.0. The topological polar surface area (TPSA) is 19.7 Å². The molecule has 10 aromatic carbocycles. The Morgan fingerprint density at radius 1 is 0.277 bits per heavy atom. The van der Waals surface area contributed by atoms with Crippen molar-refractivity contribution >= 4 is 108 Å². The van der Waals surface area contributed by atoms with Gasteiger partial charge in [-0.15, -0.1) is 11.3 Å². The molecule has 0 spiro atoms. The first-order chi connectivity index (χ1) is 32.2. The van der Waals surface area contributed by atoms with E-state index in [2.05, 4.69) is 249 Å². The highest BCUT2D eigenvalue weighted by molar-refractivity contribution is 7.25. The summed E-state index contributed by atoms with van der Waals surface area (Å²) in [6, 6.07) is 85.0. The van der Waals surface area contributed by atoms with Crippen LogP contribution >= 0.6 is 11.3 Å². The molecule has 0 atom stereocenters. The van der Waals surface area contributed by atoms with Crippen molar-refractivity contribution < 1.29 is 0 Å². The van der Waals surface area contributed by atoms with Gasteiger partial charge in [0.25, 0.3) is 0 Å². The number of para-hydroxylation sites is 5. The summed E-state index contributed by atoms with van der Waals surface area (Å²) < 4.78 is 12.3. The third-order valence-corrected chi connectivity index (χ3v) is 14.5. The number of rotatable bonds is 4. The Balaban J connectivity index is 1.14. The molecule has 4 heterocycles. The molecule has 0 radical (unpaired) electrons. The van der Waals surface area contributed by atoms with E-state index in [0.29, 0.717) is 0 Å². The van der Waals surface area contributed by atoms with E-state index >= 15 is 0 Å². The van der Waals surface area contributed by atoms with Gasteiger partial charge in [0.2, 0.25) is 0 Å². The lowest BCUT2D eigenvalue weighted by Gasteiger charge is -2.17. The van der Waals surface area contributed by atoms with Gasteiger partial charge in [-0.05, 0) is 126 Å². The van der Waals surface area contributed by atoms with Crippen LogP contribution in [-0.4, -0.2) is 18.3 Å². The Morgan fingerprint density at radius 2 is 0.754 bits per heavy atom. The summed E-state index contributed by atoms with van der Waals surface area (Å²) in [6.45, 7) is 0. The Kier molecular flexibility index (Phi) is 7.82. The van der Waals surface area contributed by atoms with Crippen LogP contribution in [0.25, 0.3) is 119 Å². The minimum Gasteiger partial charge on any atom is -0.310 e. The van der Waals surface area contributed by atoms with Crippen LogP contribution in [0.3, 0.4) is 0 Å². The second-order valence-corrected chi connectivity index (χ2v) is 18.0. The smallest absolute Gasteiger partial charge is 0.0782 e. The average Bonchev–Trinajstić information content (AvgIpc) is 4.03. The molecular weight excluding hydrogens is 809 g/mol. The molecule has 0 saturated heterocycles. The lowest BCUT2D eigenvalue weighted by Crippen LogP contribution is -2.02. The number of benzene rings is 10. The van der Waals surface area contributed by atoms with E-state index in [-0.39, 0.29) is 0 Å². The van der Waals surface area contributed by atoms with E-state index in [0.717, 1.165) is 55.6 Å². The van der Waals surface area contributed by atoms with Crippen molar-refractivity contribution in [3.63, 3.8) is 0 Å². The number of aromatic nitrogens is 4. The second-order valence-electron chi connectivity index (χ2n) is 17.0. The summed E-state index contributed by atoms with van der Waals surface area (Å²) in [5.74, 6) is 0. The number of hydrogen-bond donors (Lipinski definition) is 0. The summed E-state index contributed by atoms with van der Waals surface area (Å²) in [6.07, 6.45) is 0. The second kappa shape index (κ2) is 14.1. The summed E-state index contributed by atoms with van der Waals surface area (Å²) in [7, 11) is 0. The van der Waals surface area contributed by atoms with Gasteiger partial charge in [0.1, 0.15) is 0 Å². The van der Waals surface area contributed by atoms with Gasteiger partial charge in [-0.2, -0.15) is 0 Å². The summed E-state index contributed by atoms with van der Waals surface area (Å²) in [4.78, 5) is 0. The van der Waals surface area contributed by atoms with Crippen LogP contribution in [0.1, 0.15) is 0 Å². The van der Waals surface area contributed by atoms with Crippen molar-refractivity contribution in [2.75, 3.05) is 0 Å². The van der Waals surface area contributed by atoms with Crippen LogP contribution in [0.4, 0.5) is 0 Å². The van der Waals surface area contributed by atoms with Crippen LogP contribution < -0.4 is 0 Å². The van der Waals surface area contributed by atoms with Crippen LogP contribution in [0, 0.1) is 0 Å². The maximum absolute atomic E-state index is 2.48. The van der Waals surface area contributed by atoms with Gasteiger partial charge >= 0.3 is 0 Å². The SMILES string of the molecule is c1ccc(-n2c3ccccc3c3c(-n4c5cccc(c5)c5cccc(c5)n(-c5cccc6c7ccccc7n(-c7ccccc7)c56)c5ccc6sc7ccc4cc7c6c5)cccc32)cc1. The summed E-state index contributed by atoms with van der Waals surface area (Å²) in [5, 5.41) is 9.67. The first-order valence-electron chi connectivity index (χ1n) is 22.2. The highest BCUT2D eigenvalue weighted by atomic mass is 32.1. The summed E-state index contributed by atoms with van der Waals surface area (Å²) in [5.41, 5.74) is 13.7. The Morgan fingerprint density at radius 3 is 1.42 bits per heavy atom. The minimum absolute atomic E-state index is 1.09. The molecule has 0 unspecified atom stereocenters. The third kappa shape index (κ3) is 5.43. The van der Waals surface area contributed by atoms with Crippen molar-refractivity contribution in [1.29, 1.82) is 0 Å². The molecule has 0 aliphatic heterocycles. The zero-order chi connectivity index (χ0) is 42.6. The number of thiophene rings is 1. The van der Waals surface area contributed by atoms with E-state index < -0.39 is 0 Å². The van der Waals surface area contributed by atoms with Crippen LogP contribution in [0.5, 0.6) is 0 Å². The molecule has 14 rings (SSSR count). The number of fused-ring (bicyclic) bond motifs is 13. The predicted molar refractivity (Wildman–Crippen MR) is 277 cm³/mol. The Hall–Kier alpha value is -8.38. The van der Waals surface area contributed by atoms with Gasteiger partial charge in [-0.3, -0.25) is 0 Å². The molecule has 65 heavy (non-hydrogen) atoms. The number of hydrogen-bond acceptors (Lipinski definition) is 1. The molecule has 4 aromatic heterocycles. The molecular formula is C60H38N4S. The highest BCUT2D eigenvalue weighted by Crippen LogP contribution is 2.41. The fraction of sp³-hybridized carbons (Fsp3) is 0. The molecule has 8 bridgehead atoms. The van der Waals surface area contributed by atoms with E-state index in [4.69, 9.17) is 0 Å².